The van der Waals surface area contributed by atoms with Crippen LogP contribution in [0.15, 0.2) is 16.3 Å². The number of nitrogens with one attached hydrogen (secondary N) is 2. The maximum atomic E-state index is 12.3. The lowest BCUT2D eigenvalue weighted by molar-refractivity contribution is 0.394. The van der Waals surface area contributed by atoms with Crippen molar-refractivity contribution >= 4 is 21.4 Å². The number of likely N-dealkylation sites (tertiary alicyclic amines) is 1. The van der Waals surface area contributed by atoms with Crippen molar-refractivity contribution in [3.8, 4) is 0 Å². The molecule has 7 heteroatoms. The largest absolute Gasteiger partial charge is 0.315 e. The number of rotatable bonds is 6. The molecule has 2 N–H and O–H groups in total. The summed E-state index contributed by atoms with van der Waals surface area (Å²) in [5.74, 6) is 0.422. The van der Waals surface area contributed by atoms with Gasteiger partial charge in [0.15, 0.2) is 0 Å². The molecule has 1 unspecified atom stereocenters. The zero-order valence-corrected chi connectivity index (χ0v) is 13.0. The molecule has 0 aromatic carbocycles. The maximum Gasteiger partial charge on any atom is 0.241 e. The van der Waals surface area contributed by atoms with Crippen molar-refractivity contribution in [3.63, 3.8) is 0 Å². The summed E-state index contributed by atoms with van der Waals surface area (Å²) in [6.45, 7) is 3.13. The van der Waals surface area contributed by atoms with Crippen LogP contribution < -0.4 is 10.0 Å². The van der Waals surface area contributed by atoms with Crippen LogP contribution in [0.25, 0.3) is 0 Å². The first-order valence-electron chi connectivity index (χ1n) is 6.42. The molecule has 0 radical (unpaired) electrons. The predicted octanol–water partition coefficient (Wildman–Crippen LogP) is 0.698. The molecule has 108 valence electrons. The number of hydrogen-bond acceptors (Lipinski definition) is 5. The van der Waals surface area contributed by atoms with Crippen molar-refractivity contribution in [1.82, 2.24) is 14.9 Å². The van der Waals surface area contributed by atoms with Gasteiger partial charge in [0.25, 0.3) is 0 Å². The highest BCUT2D eigenvalue weighted by atomic mass is 32.2. The summed E-state index contributed by atoms with van der Waals surface area (Å²) < 4.78 is 27.3. The molecule has 0 bridgehead atoms. The normalized spacial score (nSPS) is 21.1. The number of hydrogen-bond donors (Lipinski definition) is 2. The van der Waals surface area contributed by atoms with Gasteiger partial charge in [-0.2, -0.15) is 0 Å². The van der Waals surface area contributed by atoms with Crippen molar-refractivity contribution in [2.75, 3.05) is 33.7 Å². The molecular formula is C12H21N3O2S2. The Balaban J connectivity index is 1.99. The molecule has 1 fully saturated rings. The van der Waals surface area contributed by atoms with Gasteiger partial charge < -0.3 is 10.2 Å². The fraction of sp³-hybridized carbons (Fsp3) is 0.667. The fourth-order valence-electron chi connectivity index (χ4n) is 2.36. The number of sulfonamides is 1. The van der Waals surface area contributed by atoms with E-state index in [2.05, 4.69) is 22.0 Å². The van der Waals surface area contributed by atoms with Gasteiger partial charge in [0, 0.05) is 24.5 Å². The summed E-state index contributed by atoms with van der Waals surface area (Å²) in [4.78, 5) is 3.51. The molecule has 0 saturated carbocycles. The van der Waals surface area contributed by atoms with Crippen LogP contribution >= 0.6 is 11.3 Å². The maximum absolute atomic E-state index is 12.3. The van der Waals surface area contributed by atoms with E-state index in [0.29, 0.717) is 23.9 Å². The summed E-state index contributed by atoms with van der Waals surface area (Å²) in [5, 5.41) is 4.82. The van der Waals surface area contributed by atoms with Gasteiger partial charge in [0.1, 0.15) is 0 Å². The van der Waals surface area contributed by atoms with Gasteiger partial charge in [0.05, 0.1) is 4.90 Å². The molecule has 1 aliphatic heterocycles. The van der Waals surface area contributed by atoms with Gasteiger partial charge in [-0.15, -0.1) is 11.3 Å². The smallest absolute Gasteiger partial charge is 0.241 e. The SMILES string of the molecule is CNCc1sccc1S(=O)(=O)NCC1CCN(C)C1. The standard InChI is InChI=1S/C12H21N3O2S2/c1-13-8-11-12(4-6-18-11)19(16,17)14-7-10-3-5-15(2)9-10/h4,6,10,13-14H,3,5,7-9H2,1-2H3. The van der Waals surface area contributed by atoms with Gasteiger partial charge in [-0.1, -0.05) is 0 Å². The van der Waals surface area contributed by atoms with Crippen molar-refractivity contribution < 1.29 is 8.42 Å². The molecule has 0 spiro atoms. The summed E-state index contributed by atoms with van der Waals surface area (Å²) in [7, 11) is 0.512. The van der Waals surface area contributed by atoms with E-state index in [9.17, 15) is 8.42 Å². The van der Waals surface area contributed by atoms with Crippen molar-refractivity contribution in [2.45, 2.75) is 17.9 Å². The lowest BCUT2D eigenvalue weighted by Crippen LogP contribution is -2.31. The molecule has 1 aromatic rings. The van der Waals surface area contributed by atoms with Gasteiger partial charge >= 0.3 is 0 Å². The Morgan fingerprint density at radius 2 is 2.32 bits per heavy atom. The minimum Gasteiger partial charge on any atom is -0.315 e. The molecule has 19 heavy (non-hydrogen) atoms. The monoisotopic (exact) mass is 303 g/mol. The Hall–Kier alpha value is -0.470. The van der Waals surface area contributed by atoms with Crippen LogP contribution in [0.3, 0.4) is 0 Å². The van der Waals surface area contributed by atoms with Gasteiger partial charge in [-0.25, -0.2) is 13.1 Å². The summed E-state index contributed by atoms with van der Waals surface area (Å²) in [6, 6.07) is 1.68. The predicted molar refractivity (Wildman–Crippen MR) is 77.9 cm³/mol. The first kappa shape index (κ1) is 14.9. The van der Waals surface area contributed by atoms with Gasteiger partial charge in [-0.3, -0.25) is 0 Å². The highest BCUT2D eigenvalue weighted by molar-refractivity contribution is 7.89. The van der Waals surface area contributed by atoms with E-state index in [-0.39, 0.29) is 0 Å². The van der Waals surface area contributed by atoms with E-state index in [1.54, 1.807) is 6.07 Å². The molecule has 2 rings (SSSR count). The molecular weight excluding hydrogens is 282 g/mol. The second kappa shape index (κ2) is 6.32. The summed E-state index contributed by atoms with van der Waals surface area (Å²) >= 11 is 1.47. The second-order valence-corrected chi connectivity index (χ2v) is 7.74. The molecule has 1 atom stereocenters. The van der Waals surface area contributed by atoms with Crippen molar-refractivity contribution in [2.24, 2.45) is 5.92 Å². The Bertz CT molecular complexity index is 513. The molecule has 1 saturated heterocycles. The zero-order valence-electron chi connectivity index (χ0n) is 11.3. The highest BCUT2D eigenvalue weighted by Crippen LogP contribution is 2.22. The van der Waals surface area contributed by atoms with E-state index < -0.39 is 10.0 Å². The Kier molecular flexibility index (Phi) is 4.97. The van der Waals surface area contributed by atoms with Crippen LogP contribution in [0, 0.1) is 5.92 Å². The van der Waals surface area contributed by atoms with Crippen LogP contribution in [0.2, 0.25) is 0 Å². The lowest BCUT2D eigenvalue weighted by Gasteiger charge is -2.12. The third-order valence-corrected chi connectivity index (χ3v) is 5.94. The first-order chi connectivity index (χ1) is 9.03. The van der Waals surface area contributed by atoms with Gasteiger partial charge in [0.2, 0.25) is 10.0 Å². The van der Waals surface area contributed by atoms with Crippen LogP contribution in [0.5, 0.6) is 0 Å². The van der Waals surface area contributed by atoms with E-state index in [4.69, 9.17) is 0 Å². The molecule has 5 nitrogen and oxygen atoms in total. The Morgan fingerprint density at radius 3 is 2.95 bits per heavy atom. The average molecular weight is 303 g/mol. The van der Waals surface area contributed by atoms with Crippen molar-refractivity contribution in [3.05, 3.63) is 16.3 Å². The van der Waals surface area contributed by atoms with Crippen LogP contribution in [-0.4, -0.2) is 47.0 Å². The molecule has 2 heterocycles. The lowest BCUT2D eigenvalue weighted by atomic mass is 10.1. The second-order valence-electron chi connectivity index (χ2n) is 5.01. The van der Waals surface area contributed by atoms with E-state index in [0.717, 1.165) is 24.4 Å². The van der Waals surface area contributed by atoms with E-state index >= 15 is 0 Å². The zero-order chi connectivity index (χ0) is 13.9. The van der Waals surface area contributed by atoms with Crippen LogP contribution in [0.1, 0.15) is 11.3 Å². The van der Waals surface area contributed by atoms with Crippen molar-refractivity contribution in [1.29, 1.82) is 0 Å². The summed E-state index contributed by atoms with van der Waals surface area (Å²) in [6.07, 6.45) is 1.06. The average Bonchev–Trinajstić information content (AvgIpc) is 2.97. The van der Waals surface area contributed by atoms with E-state index in [1.165, 1.54) is 11.3 Å². The number of nitrogens with zero attached hydrogens (tertiary/aromatic N) is 1. The molecule has 1 aromatic heterocycles. The number of thiophene rings is 1. The Labute approximate surface area is 119 Å². The van der Waals surface area contributed by atoms with Crippen LogP contribution in [0.4, 0.5) is 0 Å². The topological polar surface area (TPSA) is 61.4 Å². The minimum atomic E-state index is -3.37. The third kappa shape index (κ3) is 3.76. The Morgan fingerprint density at radius 1 is 1.53 bits per heavy atom. The summed E-state index contributed by atoms with van der Waals surface area (Å²) in [5.41, 5.74) is 0. The first-order valence-corrected chi connectivity index (χ1v) is 8.78. The molecule has 0 aliphatic carbocycles. The quantitative estimate of drug-likeness (QED) is 0.812. The highest BCUT2D eigenvalue weighted by Gasteiger charge is 2.24. The molecule has 0 amide bonds. The van der Waals surface area contributed by atoms with Gasteiger partial charge in [-0.05, 0) is 44.4 Å². The fourth-order valence-corrected chi connectivity index (χ4v) is 4.93. The van der Waals surface area contributed by atoms with E-state index in [1.807, 2.05) is 12.4 Å². The van der Waals surface area contributed by atoms with Crippen LogP contribution in [-0.2, 0) is 16.6 Å². The minimum absolute atomic E-state index is 0.415. The molecule has 1 aliphatic rings. The third-order valence-electron chi connectivity index (χ3n) is 3.38.